The molecule has 1 aromatic carbocycles. The minimum Gasteiger partial charge on any atom is -0.368 e. The van der Waals surface area contributed by atoms with E-state index in [1.165, 1.54) is 11.3 Å². The normalized spacial score (nSPS) is 11.8. The van der Waals surface area contributed by atoms with Crippen molar-refractivity contribution in [3.63, 3.8) is 0 Å². The van der Waals surface area contributed by atoms with Gasteiger partial charge >= 0.3 is 0 Å². The van der Waals surface area contributed by atoms with Crippen molar-refractivity contribution in [3.8, 4) is 0 Å². The molecule has 6 heteroatoms. The molecule has 2 amide bonds. The molecule has 0 aliphatic heterocycles. The Kier molecular flexibility index (Phi) is 5.48. The number of nitrogens with one attached hydrogen (secondary N) is 2. The Morgan fingerprint density at radius 1 is 1.10 bits per heavy atom. The Labute approximate surface area is 127 Å². The molecule has 1 aromatic heterocycles. The lowest BCUT2D eigenvalue weighted by Gasteiger charge is -2.15. The van der Waals surface area contributed by atoms with E-state index in [-0.39, 0.29) is 5.91 Å². The van der Waals surface area contributed by atoms with Crippen LogP contribution in [0, 0.1) is 0 Å². The van der Waals surface area contributed by atoms with Gasteiger partial charge in [-0.1, -0.05) is 36.4 Å². The van der Waals surface area contributed by atoms with E-state index in [0.717, 1.165) is 5.56 Å². The van der Waals surface area contributed by atoms with E-state index in [1.54, 1.807) is 6.07 Å². The van der Waals surface area contributed by atoms with Crippen LogP contribution in [0.5, 0.6) is 0 Å². The summed E-state index contributed by atoms with van der Waals surface area (Å²) >= 11 is 1.39. The molecule has 2 rings (SSSR count). The highest BCUT2D eigenvalue weighted by Gasteiger charge is 2.16. The van der Waals surface area contributed by atoms with E-state index >= 15 is 0 Å². The third-order valence-corrected chi connectivity index (χ3v) is 3.79. The molecule has 110 valence electrons. The van der Waals surface area contributed by atoms with Gasteiger partial charge in [-0.2, -0.15) is 0 Å². The van der Waals surface area contributed by atoms with E-state index in [0.29, 0.717) is 18.0 Å². The summed E-state index contributed by atoms with van der Waals surface area (Å²) in [7, 11) is 0. The Balaban J connectivity index is 1.81. The van der Waals surface area contributed by atoms with Crippen LogP contribution in [-0.4, -0.2) is 24.9 Å². The van der Waals surface area contributed by atoms with Gasteiger partial charge in [-0.25, -0.2) is 0 Å². The second-order valence-corrected chi connectivity index (χ2v) is 5.38. The van der Waals surface area contributed by atoms with Crippen molar-refractivity contribution in [2.45, 2.75) is 6.04 Å². The van der Waals surface area contributed by atoms with Crippen LogP contribution in [0.15, 0.2) is 47.8 Å². The van der Waals surface area contributed by atoms with Crippen LogP contribution in [0.2, 0.25) is 0 Å². The number of rotatable bonds is 7. The van der Waals surface area contributed by atoms with Crippen LogP contribution in [0.4, 0.5) is 0 Å². The molecule has 0 bridgehead atoms. The van der Waals surface area contributed by atoms with Crippen molar-refractivity contribution in [2.24, 2.45) is 5.73 Å². The summed E-state index contributed by atoms with van der Waals surface area (Å²) in [5, 5.41) is 7.69. The first-order valence-electron chi connectivity index (χ1n) is 6.58. The molecule has 0 unspecified atom stereocenters. The van der Waals surface area contributed by atoms with Gasteiger partial charge in [-0.05, 0) is 17.0 Å². The van der Waals surface area contributed by atoms with Crippen molar-refractivity contribution in [2.75, 3.05) is 13.1 Å². The molecule has 0 aliphatic rings. The summed E-state index contributed by atoms with van der Waals surface area (Å²) in [4.78, 5) is 23.9. The summed E-state index contributed by atoms with van der Waals surface area (Å²) in [5.74, 6) is -0.548. The van der Waals surface area contributed by atoms with Gasteiger partial charge in [-0.15, -0.1) is 11.3 Å². The third-order valence-electron chi connectivity index (χ3n) is 2.92. The Bertz CT molecular complexity index is 584. The summed E-state index contributed by atoms with van der Waals surface area (Å²) in [6, 6.07) is 12.3. The molecule has 1 heterocycles. The van der Waals surface area contributed by atoms with Crippen LogP contribution in [0.3, 0.4) is 0 Å². The number of primary amides is 1. The molecule has 0 saturated heterocycles. The van der Waals surface area contributed by atoms with E-state index in [1.807, 2.05) is 41.8 Å². The summed E-state index contributed by atoms with van der Waals surface area (Å²) < 4.78 is 0. The SMILES string of the molecule is NC(=O)[C@@H](NCCNC(=O)c1cccs1)c1ccccc1. The van der Waals surface area contributed by atoms with Crippen LogP contribution < -0.4 is 16.4 Å². The van der Waals surface area contributed by atoms with Gasteiger partial charge < -0.3 is 16.4 Å². The fourth-order valence-electron chi connectivity index (χ4n) is 1.92. The molecule has 5 nitrogen and oxygen atoms in total. The zero-order valence-corrected chi connectivity index (χ0v) is 12.2. The van der Waals surface area contributed by atoms with E-state index in [4.69, 9.17) is 5.73 Å². The molecule has 2 aromatic rings. The van der Waals surface area contributed by atoms with E-state index in [9.17, 15) is 9.59 Å². The smallest absolute Gasteiger partial charge is 0.261 e. The lowest BCUT2D eigenvalue weighted by molar-refractivity contribution is -0.120. The first-order valence-corrected chi connectivity index (χ1v) is 7.46. The number of hydrogen-bond acceptors (Lipinski definition) is 4. The Morgan fingerprint density at radius 3 is 2.48 bits per heavy atom. The summed E-state index contributed by atoms with van der Waals surface area (Å²) in [6.45, 7) is 0.882. The molecule has 0 spiro atoms. The van der Waals surface area contributed by atoms with Gasteiger partial charge in [0.25, 0.3) is 5.91 Å². The van der Waals surface area contributed by atoms with Crippen molar-refractivity contribution in [3.05, 3.63) is 58.3 Å². The first kappa shape index (κ1) is 15.2. The number of benzene rings is 1. The van der Waals surface area contributed by atoms with Gasteiger partial charge in [0.2, 0.25) is 5.91 Å². The lowest BCUT2D eigenvalue weighted by atomic mass is 10.1. The molecule has 4 N–H and O–H groups in total. The molecule has 0 radical (unpaired) electrons. The molecular weight excluding hydrogens is 286 g/mol. The topological polar surface area (TPSA) is 84.2 Å². The minimum absolute atomic E-state index is 0.109. The largest absolute Gasteiger partial charge is 0.368 e. The minimum atomic E-state index is -0.551. The number of carbonyl (C=O) groups excluding carboxylic acids is 2. The van der Waals surface area contributed by atoms with E-state index < -0.39 is 11.9 Å². The highest BCUT2D eigenvalue weighted by Crippen LogP contribution is 2.11. The predicted octanol–water partition coefficient (Wildman–Crippen LogP) is 1.29. The second kappa shape index (κ2) is 7.56. The fraction of sp³-hybridized carbons (Fsp3) is 0.200. The lowest BCUT2D eigenvalue weighted by Crippen LogP contribution is -2.38. The first-order chi connectivity index (χ1) is 10.2. The van der Waals surface area contributed by atoms with Gasteiger partial charge in [0.15, 0.2) is 0 Å². The highest BCUT2D eigenvalue weighted by atomic mass is 32.1. The highest BCUT2D eigenvalue weighted by molar-refractivity contribution is 7.12. The molecule has 0 aliphatic carbocycles. The number of nitrogens with two attached hydrogens (primary N) is 1. The van der Waals surface area contributed by atoms with Crippen molar-refractivity contribution >= 4 is 23.2 Å². The zero-order valence-electron chi connectivity index (χ0n) is 11.4. The summed E-state index contributed by atoms with van der Waals surface area (Å²) in [5.41, 5.74) is 6.22. The van der Waals surface area contributed by atoms with Crippen molar-refractivity contribution in [1.82, 2.24) is 10.6 Å². The van der Waals surface area contributed by atoms with Crippen LogP contribution in [0.1, 0.15) is 21.3 Å². The average Bonchev–Trinajstić information content (AvgIpc) is 3.01. The quantitative estimate of drug-likeness (QED) is 0.674. The molecule has 21 heavy (non-hydrogen) atoms. The number of carbonyl (C=O) groups is 2. The van der Waals surface area contributed by atoms with Gasteiger partial charge in [-0.3, -0.25) is 9.59 Å². The van der Waals surface area contributed by atoms with Crippen molar-refractivity contribution < 1.29 is 9.59 Å². The maximum Gasteiger partial charge on any atom is 0.261 e. The Morgan fingerprint density at radius 2 is 1.86 bits per heavy atom. The maximum atomic E-state index is 11.7. The van der Waals surface area contributed by atoms with Crippen LogP contribution >= 0.6 is 11.3 Å². The van der Waals surface area contributed by atoms with Gasteiger partial charge in [0.1, 0.15) is 6.04 Å². The van der Waals surface area contributed by atoms with Crippen LogP contribution in [-0.2, 0) is 4.79 Å². The standard InChI is InChI=1S/C15H17N3O2S/c16-14(19)13(11-5-2-1-3-6-11)17-8-9-18-15(20)12-7-4-10-21-12/h1-7,10,13,17H,8-9H2,(H2,16,19)(H,18,20)/t13-/m0/s1. The maximum absolute atomic E-state index is 11.7. The number of thiophene rings is 1. The molecule has 0 saturated carbocycles. The van der Waals surface area contributed by atoms with E-state index in [2.05, 4.69) is 10.6 Å². The Hall–Kier alpha value is -2.18. The second-order valence-electron chi connectivity index (χ2n) is 4.43. The van der Waals surface area contributed by atoms with Gasteiger partial charge in [0, 0.05) is 13.1 Å². The molecule has 0 fully saturated rings. The predicted molar refractivity (Wildman–Crippen MR) is 83.0 cm³/mol. The van der Waals surface area contributed by atoms with Crippen molar-refractivity contribution in [1.29, 1.82) is 0 Å². The zero-order chi connectivity index (χ0) is 15.1. The fourth-order valence-corrected chi connectivity index (χ4v) is 2.56. The molecular formula is C15H17N3O2S. The number of hydrogen-bond donors (Lipinski definition) is 3. The number of amides is 2. The average molecular weight is 303 g/mol. The monoisotopic (exact) mass is 303 g/mol. The van der Waals surface area contributed by atoms with Gasteiger partial charge in [0.05, 0.1) is 4.88 Å². The third kappa shape index (κ3) is 4.40. The molecule has 1 atom stereocenters. The summed E-state index contributed by atoms with van der Waals surface area (Å²) in [6.07, 6.45) is 0. The van der Waals surface area contributed by atoms with Crippen LogP contribution in [0.25, 0.3) is 0 Å².